The second-order valence-corrected chi connectivity index (χ2v) is 6.11. The van der Waals surface area contributed by atoms with Crippen LogP contribution < -0.4 is 0 Å². The van der Waals surface area contributed by atoms with Crippen molar-refractivity contribution in [2.75, 3.05) is 0 Å². The van der Waals surface area contributed by atoms with Crippen molar-refractivity contribution in [2.24, 2.45) is 0 Å². The van der Waals surface area contributed by atoms with E-state index in [1.54, 1.807) is 0 Å². The van der Waals surface area contributed by atoms with Crippen molar-refractivity contribution < 1.29 is 13.9 Å². The van der Waals surface area contributed by atoms with Crippen LogP contribution in [0.1, 0.15) is 21.6 Å². The van der Waals surface area contributed by atoms with Gasteiger partial charge in [-0.3, -0.25) is 5.10 Å². The predicted molar refractivity (Wildman–Crippen MR) is 99.8 cm³/mol. The number of hydrogen-bond acceptors (Lipinski definition) is 5. The fourth-order valence-corrected chi connectivity index (χ4v) is 2.69. The number of esters is 1. The number of H-pyrrole nitrogens is 1. The van der Waals surface area contributed by atoms with Crippen LogP contribution in [0.4, 0.5) is 0 Å². The van der Waals surface area contributed by atoms with Gasteiger partial charge in [0.15, 0.2) is 0 Å². The summed E-state index contributed by atoms with van der Waals surface area (Å²) in [5, 5.41) is 6.81. The summed E-state index contributed by atoms with van der Waals surface area (Å²) < 4.78 is 10.9. The second-order valence-electron chi connectivity index (χ2n) is 6.11. The Kier molecular flexibility index (Phi) is 4.53. The average Bonchev–Trinajstić information content (AvgIpc) is 3.37. The molecule has 0 aliphatic heterocycles. The number of carbonyl (C=O) groups excluding carboxylic acids is 1. The lowest BCUT2D eigenvalue weighted by Crippen LogP contribution is -2.06. The standard InChI is InChI=1S/C21H17N3O3/c1-14-7-9-16(10-8-14)20-23-17(12-26-20)13-27-21(25)18-11-22-24-19(18)15-5-3-2-4-6-15/h2-12H,13H2,1H3,(H,22,24). The Hall–Kier alpha value is -3.67. The van der Waals surface area contributed by atoms with Gasteiger partial charge in [0, 0.05) is 11.1 Å². The number of ether oxygens (including phenoxy) is 1. The zero-order valence-electron chi connectivity index (χ0n) is 14.7. The molecule has 0 aliphatic carbocycles. The summed E-state index contributed by atoms with van der Waals surface area (Å²) in [4.78, 5) is 16.8. The van der Waals surface area contributed by atoms with E-state index in [1.807, 2.05) is 61.5 Å². The minimum absolute atomic E-state index is 0.0214. The van der Waals surface area contributed by atoms with Crippen LogP contribution in [0.25, 0.3) is 22.7 Å². The quantitative estimate of drug-likeness (QED) is 0.534. The van der Waals surface area contributed by atoms with Crippen LogP contribution in [-0.4, -0.2) is 21.2 Å². The summed E-state index contributed by atoms with van der Waals surface area (Å²) in [6.07, 6.45) is 2.96. The highest BCUT2D eigenvalue weighted by Crippen LogP contribution is 2.22. The van der Waals surface area contributed by atoms with E-state index in [2.05, 4.69) is 15.2 Å². The van der Waals surface area contributed by atoms with Crippen LogP contribution in [0.2, 0.25) is 0 Å². The summed E-state index contributed by atoms with van der Waals surface area (Å²) in [5.41, 5.74) is 4.45. The molecule has 0 atom stereocenters. The van der Waals surface area contributed by atoms with Gasteiger partial charge in [0.05, 0.1) is 11.9 Å². The van der Waals surface area contributed by atoms with E-state index in [-0.39, 0.29) is 6.61 Å². The van der Waals surface area contributed by atoms with Gasteiger partial charge in [-0.05, 0) is 19.1 Å². The number of aromatic nitrogens is 3. The molecule has 27 heavy (non-hydrogen) atoms. The van der Waals surface area contributed by atoms with Crippen molar-refractivity contribution in [3.8, 4) is 22.7 Å². The molecule has 6 heteroatoms. The fourth-order valence-electron chi connectivity index (χ4n) is 2.69. The van der Waals surface area contributed by atoms with Gasteiger partial charge < -0.3 is 9.15 Å². The molecule has 0 radical (unpaired) electrons. The van der Waals surface area contributed by atoms with E-state index in [0.717, 1.165) is 16.7 Å². The number of aryl methyl sites for hydroxylation is 1. The molecule has 0 saturated heterocycles. The van der Waals surface area contributed by atoms with Gasteiger partial charge in [-0.15, -0.1) is 0 Å². The number of rotatable bonds is 5. The smallest absolute Gasteiger partial charge is 0.342 e. The summed E-state index contributed by atoms with van der Waals surface area (Å²) in [6, 6.07) is 17.4. The maximum Gasteiger partial charge on any atom is 0.342 e. The molecule has 0 aliphatic rings. The van der Waals surface area contributed by atoms with Crippen LogP contribution in [0.5, 0.6) is 0 Å². The minimum atomic E-state index is -0.470. The summed E-state index contributed by atoms with van der Waals surface area (Å²) in [5.74, 6) is 0.0248. The monoisotopic (exact) mass is 359 g/mol. The third kappa shape index (κ3) is 3.64. The summed E-state index contributed by atoms with van der Waals surface area (Å²) in [7, 11) is 0. The maximum absolute atomic E-state index is 12.4. The molecule has 4 rings (SSSR count). The van der Waals surface area contributed by atoms with E-state index in [4.69, 9.17) is 9.15 Å². The van der Waals surface area contributed by atoms with E-state index in [9.17, 15) is 4.79 Å². The Morgan fingerprint density at radius 1 is 1.07 bits per heavy atom. The van der Waals surface area contributed by atoms with Crippen molar-refractivity contribution in [1.29, 1.82) is 0 Å². The number of aromatic amines is 1. The molecule has 0 unspecified atom stereocenters. The number of carbonyl (C=O) groups is 1. The molecule has 4 aromatic rings. The first-order valence-electron chi connectivity index (χ1n) is 8.48. The lowest BCUT2D eigenvalue weighted by molar-refractivity contribution is 0.0469. The van der Waals surface area contributed by atoms with Gasteiger partial charge in [-0.1, -0.05) is 48.0 Å². The topological polar surface area (TPSA) is 81.0 Å². The average molecular weight is 359 g/mol. The van der Waals surface area contributed by atoms with Gasteiger partial charge in [0.2, 0.25) is 5.89 Å². The van der Waals surface area contributed by atoms with Crippen LogP contribution in [-0.2, 0) is 11.3 Å². The van der Waals surface area contributed by atoms with E-state index in [0.29, 0.717) is 22.8 Å². The highest BCUT2D eigenvalue weighted by Gasteiger charge is 2.17. The van der Waals surface area contributed by atoms with Gasteiger partial charge in [-0.25, -0.2) is 9.78 Å². The molecule has 6 nitrogen and oxygen atoms in total. The summed E-state index contributed by atoms with van der Waals surface area (Å²) in [6.45, 7) is 2.04. The Balaban J connectivity index is 1.45. The van der Waals surface area contributed by atoms with Crippen LogP contribution in [0, 0.1) is 6.92 Å². The lowest BCUT2D eigenvalue weighted by atomic mass is 10.1. The third-order valence-electron chi connectivity index (χ3n) is 4.12. The molecule has 1 N–H and O–H groups in total. The first-order valence-corrected chi connectivity index (χ1v) is 8.48. The van der Waals surface area contributed by atoms with Crippen molar-refractivity contribution in [2.45, 2.75) is 13.5 Å². The minimum Gasteiger partial charge on any atom is -0.455 e. The maximum atomic E-state index is 12.4. The normalized spacial score (nSPS) is 10.7. The molecular formula is C21H17N3O3. The van der Waals surface area contributed by atoms with Crippen molar-refractivity contribution >= 4 is 5.97 Å². The highest BCUT2D eigenvalue weighted by molar-refractivity contribution is 5.95. The molecule has 2 aromatic carbocycles. The molecule has 0 bridgehead atoms. The fraction of sp³-hybridized carbons (Fsp3) is 0.0952. The summed E-state index contributed by atoms with van der Waals surface area (Å²) >= 11 is 0. The third-order valence-corrected chi connectivity index (χ3v) is 4.12. The van der Waals surface area contributed by atoms with Crippen LogP contribution in [0.3, 0.4) is 0 Å². The Labute approximate surface area is 155 Å². The lowest BCUT2D eigenvalue weighted by Gasteiger charge is -2.03. The highest BCUT2D eigenvalue weighted by atomic mass is 16.5. The molecule has 0 spiro atoms. The van der Waals surface area contributed by atoms with Gasteiger partial charge in [-0.2, -0.15) is 5.10 Å². The van der Waals surface area contributed by atoms with Gasteiger partial charge in [0.1, 0.15) is 24.1 Å². The van der Waals surface area contributed by atoms with E-state index < -0.39 is 5.97 Å². The first kappa shape index (κ1) is 16.8. The molecule has 0 amide bonds. The van der Waals surface area contributed by atoms with E-state index in [1.165, 1.54) is 12.5 Å². The van der Waals surface area contributed by atoms with Crippen LogP contribution in [0.15, 0.2) is 71.5 Å². The van der Waals surface area contributed by atoms with E-state index >= 15 is 0 Å². The largest absolute Gasteiger partial charge is 0.455 e. The molecular weight excluding hydrogens is 342 g/mol. The molecule has 2 heterocycles. The van der Waals surface area contributed by atoms with Gasteiger partial charge in [0.25, 0.3) is 0 Å². The van der Waals surface area contributed by atoms with Crippen molar-refractivity contribution in [1.82, 2.24) is 15.2 Å². The Morgan fingerprint density at radius 2 is 1.85 bits per heavy atom. The van der Waals surface area contributed by atoms with Crippen molar-refractivity contribution in [3.63, 3.8) is 0 Å². The number of hydrogen-bond donors (Lipinski definition) is 1. The van der Waals surface area contributed by atoms with Crippen LogP contribution >= 0.6 is 0 Å². The van der Waals surface area contributed by atoms with Gasteiger partial charge >= 0.3 is 5.97 Å². The number of oxazole rings is 1. The van der Waals surface area contributed by atoms with Crippen molar-refractivity contribution in [3.05, 3.63) is 83.9 Å². The zero-order chi connectivity index (χ0) is 18.6. The second kappa shape index (κ2) is 7.29. The first-order chi connectivity index (χ1) is 13.2. The molecule has 134 valence electrons. The Morgan fingerprint density at radius 3 is 2.63 bits per heavy atom. The molecule has 0 saturated carbocycles. The number of benzene rings is 2. The molecule has 0 fully saturated rings. The number of nitrogens with one attached hydrogen (secondary N) is 1. The molecule has 2 aromatic heterocycles. The SMILES string of the molecule is Cc1ccc(-c2nc(COC(=O)c3cn[nH]c3-c3ccccc3)co2)cc1. The zero-order valence-corrected chi connectivity index (χ0v) is 14.7. The predicted octanol–water partition coefficient (Wildman–Crippen LogP) is 4.40. The Bertz CT molecular complexity index is 1050. The number of nitrogens with zero attached hydrogens (tertiary/aromatic N) is 2.